The molecule has 2 heterocycles. The van der Waals surface area contributed by atoms with Crippen LogP contribution in [0.3, 0.4) is 0 Å². The van der Waals surface area contributed by atoms with Crippen LogP contribution in [0.15, 0.2) is 76.2 Å². The Bertz CT molecular complexity index is 1070. The summed E-state index contributed by atoms with van der Waals surface area (Å²) in [5.41, 5.74) is 13.3. The van der Waals surface area contributed by atoms with Crippen molar-refractivity contribution in [2.24, 2.45) is 10.7 Å². The summed E-state index contributed by atoms with van der Waals surface area (Å²) >= 11 is 3.59. The van der Waals surface area contributed by atoms with Crippen LogP contribution in [0.4, 0.5) is 0 Å². The zero-order chi connectivity index (χ0) is 18.4. The molecule has 5 rings (SSSR count). The monoisotopic (exact) mass is 455 g/mol. The van der Waals surface area contributed by atoms with E-state index in [2.05, 4.69) is 68.7 Å². The lowest BCUT2D eigenvalue weighted by atomic mass is 9.83. The highest BCUT2D eigenvalue weighted by molar-refractivity contribution is 9.10. The second-order valence-corrected chi connectivity index (χ2v) is 7.72. The Morgan fingerprint density at radius 1 is 1.11 bits per heavy atom. The Labute approximate surface area is 177 Å². The van der Waals surface area contributed by atoms with Crippen molar-refractivity contribution in [2.45, 2.75) is 18.9 Å². The van der Waals surface area contributed by atoms with E-state index in [4.69, 9.17) is 10.7 Å². The highest BCUT2D eigenvalue weighted by Crippen LogP contribution is 2.41. The molecular formula is C21H19BrClN5. The molecule has 3 aromatic rings. The Morgan fingerprint density at radius 3 is 2.68 bits per heavy atom. The van der Waals surface area contributed by atoms with Gasteiger partial charge in [0.05, 0.1) is 12.0 Å². The number of imidazole rings is 1. The average Bonchev–Trinajstić information content (AvgIpc) is 3.22. The molecule has 0 fully saturated rings. The van der Waals surface area contributed by atoms with Gasteiger partial charge >= 0.3 is 0 Å². The Kier molecular flexibility index (Phi) is 5.00. The molecule has 5 nitrogen and oxygen atoms in total. The van der Waals surface area contributed by atoms with E-state index in [1.54, 1.807) is 12.5 Å². The Morgan fingerprint density at radius 2 is 1.93 bits per heavy atom. The van der Waals surface area contributed by atoms with Gasteiger partial charge in [-0.2, -0.15) is 0 Å². The molecule has 0 radical (unpaired) electrons. The fraction of sp³-hybridized carbons (Fsp3) is 0.143. The van der Waals surface area contributed by atoms with Crippen LogP contribution in [-0.4, -0.2) is 15.5 Å². The van der Waals surface area contributed by atoms with Crippen molar-refractivity contribution >= 4 is 40.0 Å². The zero-order valence-electron chi connectivity index (χ0n) is 15.0. The molecule has 1 aliphatic heterocycles. The van der Waals surface area contributed by atoms with E-state index in [0.29, 0.717) is 5.96 Å². The molecule has 1 aromatic heterocycles. The van der Waals surface area contributed by atoms with Crippen molar-refractivity contribution in [3.8, 4) is 5.69 Å². The third-order valence-corrected chi connectivity index (χ3v) is 5.68. The van der Waals surface area contributed by atoms with E-state index in [1.165, 1.54) is 16.7 Å². The summed E-state index contributed by atoms with van der Waals surface area (Å²) in [6, 6.07) is 14.8. The minimum absolute atomic E-state index is 0. The van der Waals surface area contributed by atoms with E-state index >= 15 is 0 Å². The SMILES string of the molecule is Cl.NC1=NC(c2ccc(-n3ccnc3)cc2)C2=C(N1)c1cc(Br)ccc1CC2. The van der Waals surface area contributed by atoms with Crippen LogP contribution >= 0.6 is 28.3 Å². The van der Waals surface area contributed by atoms with Crippen molar-refractivity contribution < 1.29 is 0 Å². The summed E-state index contributed by atoms with van der Waals surface area (Å²) in [6.07, 6.45) is 7.50. The van der Waals surface area contributed by atoms with E-state index in [-0.39, 0.29) is 18.4 Å². The molecule has 0 saturated heterocycles. The van der Waals surface area contributed by atoms with Gasteiger partial charge in [0.15, 0.2) is 5.96 Å². The first-order chi connectivity index (χ1) is 13.2. The fourth-order valence-electron chi connectivity index (χ4n) is 3.88. The molecule has 3 N–H and O–H groups in total. The summed E-state index contributed by atoms with van der Waals surface area (Å²) in [6.45, 7) is 0. The van der Waals surface area contributed by atoms with E-state index in [9.17, 15) is 0 Å². The summed E-state index contributed by atoms with van der Waals surface area (Å²) in [5.74, 6) is 0.463. The number of fused-ring (bicyclic) bond motifs is 2. The number of aryl methyl sites for hydroxylation is 1. The molecule has 2 aromatic carbocycles. The molecule has 1 atom stereocenters. The molecule has 1 unspecified atom stereocenters. The number of nitrogens with two attached hydrogens (primary N) is 1. The predicted molar refractivity (Wildman–Crippen MR) is 118 cm³/mol. The lowest BCUT2D eigenvalue weighted by Gasteiger charge is -2.32. The number of halogens is 2. The van der Waals surface area contributed by atoms with Crippen molar-refractivity contribution in [1.29, 1.82) is 0 Å². The molecule has 0 bridgehead atoms. The summed E-state index contributed by atoms with van der Waals surface area (Å²) < 4.78 is 3.06. The van der Waals surface area contributed by atoms with Crippen LogP contribution in [0, 0.1) is 0 Å². The lowest BCUT2D eigenvalue weighted by molar-refractivity contribution is 0.733. The summed E-state index contributed by atoms with van der Waals surface area (Å²) in [4.78, 5) is 8.83. The van der Waals surface area contributed by atoms with Crippen molar-refractivity contribution in [3.63, 3.8) is 0 Å². The third kappa shape index (κ3) is 3.23. The number of aliphatic imine (C=N–C) groups is 1. The highest BCUT2D eigenvalue weighted by atomic mass is 79.9. The number of aromatic nitrogens is 2. The minimum Gasteiger partial charge on any atom is -0.370 e. The normalized spacial score (nSPS) is 17.8. The molecular weight excluding hydrogens is 438 g/mol. The van der Waals surface area contributed by atoms with Crippen molar-refractivity contribution in [3.05, 3.63) is 87.9 Å². The van der Waals surface area contributed by atoms with Crippen LogP contribution < -0.4 is 11.1 Å². The quantitative estimate of drug-likeness (QED) is 0.601. The molecule has 0 amide bonds. The predicted octanol–water partition coefficient (Wildman–Crippen LogP) is 4.37. The van der Waals surface area contributed by atoms with Gasteiger partial charge in [0.1, 0.15) is 6.04 Å². The molecule has 142 valence electrons. The standard InChI is InChI=1S/C21H18BrN5.ClH/c22-15-5-1-13-4-8-17-19(25-21(23)26-20(17)18(13)11-15)14-2-6-16(7-3-14)27-10-9-24-12-27;/h1-3,5-7,9-12,19H,4,8H2,(H3,23,25,26);1H. The molecule has 0 saturated carbocycles. The van der Waals surface area contributed by atoms with Gasteiger partial charge in [-0.25, -0.2) is 9.98 Å². The van der Waals surface area contributed by atoms with Crippen LogP contribution in [0.5, 0.6) is 0 Å². The molecule has 2 aliphatic rings. The van der Waals surface area contributed by atoms with Gasteiger partial charge in [-0.3, -0.25) is 0 Å². The van der Waals surface area contributed by atoms with Crippen LogP contribution in [0.25, 0.3) is 11.4 Å². The van der Waals surface area contributed by atoms with Gasteiger partial charge in [0.2, 0.25) is 0 Å². The molecule has 1 aliphatic carbocycles. The summed E-state index contributed by atoms with van der Waals surface area (Å²) in [7, 11) is 0. The topological polar surface area (TPSA) is 68.2 Å². The Hall–Kier alpha value is -2.57. The van der Waals surface area contributed by atoms with Crippen molar-refractivity contribution in [2.75, 3.05) is 0 Å². The van der Waals surface area contributed by atoms with E-state index in [0.717, 1.165) is 34.3 Å². The van der Waals surface area contributed by atoms with Gasteiger partial charge in [-0.15, -0.1) is 12.4 Å². The number of rotatable bonds is 2. The first kappa shape index (κ1) is 18.8. The maximum atomic E-state index is 6.15. The van der Waals surface area contributed by atoms with Gasteiger partial charge in [-0.1, -0.05) is 34.1 Å². The summed E-state index contributed by atoms with van der Waals surface area (Å²) in [5, 5.41) is 3.31. The van der Waals surface area contributed by atoms with Crippen LogP contribution in [0.1, 0.15) is 29.2 Å². The largest absolute Gasteiger partial charge is 0.370 e. The first-order valence-corrected chi connectivity index (χ1v) is 9.69. The number of guanidine groups is 1. The number of hydrogen-bond acceptors (Lipinski definition) is 4. The molecule has 28 heavy (non-hydrogen) atoms. The maximum absolute atomic E-state index is 6.15. The van der Waals surface area contributed by atoms with E-state index in [1.807, 2.05) is 10.8 Å². The van der Waals surface area contributed by atoms with Gasteiger partial charge in [-0.05, 0) is 53.8 Å². The maximum Gasteiger partial charge on any atom is 0.194 e. The zero-order valence-corrected chi connectivity index (χ0v) is 17.4. The number of hydrogen-bond donors (Lipinski definition) is 2. The van der Waals surface area contributed by atoms with Crippen molar-refractivity contribution in [1.82, 2.24) is 14.9 Å². The van der Waals surface area contributed by atoms with Gasteiger partial charge < -0.3 is 15.6 Å². The van der Waals surface area contributed by atoms with Gasteiger partial charge in [0.25, 0.3) is 0 Å². The minimum atomic E-state index is -0.0507. The number of benzene rings is 2. The van der Waals surface area contributed by atoms with E-state index < -0.39 is 0 Å². The van der Waals surface area contributed by atoms with Crippen LogP contribution in [-0.2, 0) is 6.42 Å². The fourth-order valence-corrected chi connectivity index (χ4v) is 4.24. The second kappa shape index (κ2) is 7.45. The Balaban J connectivity index is 0.00000192. The molecule has 0 spiro atoms. The number of nitrogens with one attached hydrogen (secondary N) is 1. The van der Waals surface area contributed by atoms with Crippen LogP contribution in [0.2, 0.25) is 0 Å². The second-order valence-electron chi connectivity index (χ2n) is 6.81. The lowest BCUT2D eigenvalue weighted by Crippen LogP contribution is -2.37. The number of nitrogens with zero attached hydrogens (tertiary/aromatic N) is 3. The highest BCUT2D eigenvalue weighted by Gasteiger charge is 2.29. The smallest absolute Gasteiger partial charge is 0.194 e. The molecule has 7 heteroatoms. The van der Waals surface area contributed by atoms with Gasteiger partial charge in [0, 0.05) is 28.1 Å². The average molecular weight is 457 g/mol. The third-order valence-electron chi connectivity index (χ3n) is 5.19. The first-order valence-electron chi connectivity index (χ1n) is 8.89.